The molecule has 1 aliphatic rings. The summed E-state index contributed by atoms with van der Waals surface area (Å²) in [5.74, 6) is -0.516. The molecule has 0 saturated carbocycles. The average Bonchev–Trinajstić information content (AvgIpc) is 3.15. The topological polar surface area (TPSA) is 46.1 Å². The van der Waals surface area contributed by atoms with Gasteiger partial charge in [-0.15, -0.1) is 5.10 Å². The van der Waals surface area contributed by atoms with Crippen LogP contribution in [0.4, 0.5) is 26.3 Å². The van der Waals surface area contributed by atoms with Gasteiger partial charge in [-0.25, -0.2) is 0 Å². The summed E-state index contributed by atoms with van der Waals surface area (Å²) >= 11 is 0. The molecule has 0 aliphatic carbocycles. The van der Waals surface area contributed by atoms with Crippen LogP contribution in [0, 0.1) is 12.8 Å². The third-order valence-corrected chi connectivity index (χ3v) is 5.34. The van der Waals surface area contributed by atoms with Crippen LogP contribution < -0.4 is 0 Å². The van der Waals surface area contributed by atoms with Crippen LogP contribution >= 0.6 is 0 Å². The Morgan fingerprint density at radius 3 is 2.42 bits per heavy atom. The van der Waals surface area contributed by atoms with Gasteiger partial charge in [0.05, 0.1) is 16.8 Å². The van der Waals surface area contributed by atoms with Gasteiger partial charge in [0.1, 0.15) is 0 Å². The molecule has 0 unspecified atom stereocenters. The molecule has 1 saturated heterocycles. The molecule has 0 N–H and O–H groups in total. The van der Waals surface area contributed by atoms with E-state index in [-0.39, 0.29) is 11.5 Å². The van der Waals surface area contributed by atoms with E-state index in [1.54, 1.807) is 6.92 Å². The Labute approximate surface area is 175 Å². The predicted molar refractivity (Wildman–Crippen MR) is 100 cm³/mol. The largest absolute Gasteiger partial charge is 0.435 e. The van der Waals surface area contributed by atoms with E-state index in [1.807, 2.05) is 0 Å². The lowest BCUT2D eigenvalue weighted by Crippen LogP contribution is -2.30. The number of aromatic nitrogens is 2. The molecule has 0 spiro atoms. The summed E-state index contributed by atoms with van der Waals surface area (Å²) < 4.78 is 77.4. The van der Waals surface area contributed by atoms with Crippen molar-refractivity contribution >= 4 is 5.91 Å². The number of carbonyl (C=O) groups excluding carboxylic acids is 1. The Bertz CT molecular complexity index is 924. The zero-order chi connectivity index (χ0) is 22.8. The highest BCUT2D eigenvalue weighted by Crippen LogP contribution is 2.34. The van der Waals surface area contributed by atoms with Crippen LogP contribution in [0.25, 0.3) is 0 Å². The average molecular weight is 445 g/mol. The molecule has 3 rings (SSSR count). The minimum Gasteiger partial charge on any atom is -0.338 e. The minimum absolute atomic E-state index is 0.116. The normalized spacial score (nSPS) is 17.3. The van der Waals surface area contributed by atoms with Gasteiger partial charge >= 0.3 is 12.4 Å². The Morgan fingerprint density at radius 1 is 1.06 bits per heavy atom. The van der Waals surface area contributed by atoms with Crippen LogP contribution in [0.1, 0.15) is 52.1 Å². The molecule has 1 aromatic heterocycles. The summed E-state index contributed by atoms with van der Waals surface area (Å²) in [6.07, 6.45) is -6.73. The summed E-state index contributed by atoms with van der Waals surface area (Å²) in [6, 6.07) is 5.70. The van der Waals surface area contributed by atoms with Gasteiger partial charge in [0.25, 0.3) is 5.91 Å². The Kier molecular flexibility index (Phi) is 6.56. The maximum absolute atomic E-state index is 13.3. The number of hydrogen-bond acceptors (Lipinski definition) is 3. The molecule has 10 heteroatoms. The van der Waals surface area contributed by atoms with Gasteiger partial charge in [-0.2, -0.15) is 31.4 Å². The van der Waals surface area contributed by atoms with Gasteiger partial charge in [-0.3, -0.25) is 4.79 Å². The second-order valence-corrected chi connectivity index (χ2v) is 7.75. The van der Waals surface area contributed by atoms with Crippen LogP contribution in [-0.2, 0) is 18.8 Å². The lowest BCUT2D eigenvalue weighted by atomic mass is 10.0. The summed E-state index contributed by atoms with van der Waals surface area (Å²) in [7, 11) is 0. The van der Waals surface area contributed by atoms with Gasteiger partial charge < -0.3 is 4.90 Å². The number of aryl methyl sites for hydroxylation is 2. The SMILES string of the molecule is Cc1ccc(C(F)(F)F)c(C(=O)N2CC[C@@H](CCCc3ccc(C(F)(F)F)nn3)C2)c1. The Morgan fingerprint density at radius 2 is 1.81 bits per heavy atom. The highest BCUT2D eigenvalue weighted by atomic mass is 19.4. The second-order valence-electron chi connectivity index (χ2n) is 7.75. The molecular weight excluding hydrogens is 424 g/mol. The van der Waals surface area contributed by atoms with Crippen LogP contribution in [-0.4, -0.2) is 34.1 Å². The molecule has 1 atom stereocenters. The van der Waals surface area contributed by atoms with Gasteiger partial charge in [-0.1, -0.05) is 11.6 Å². The van der Waals surface area contributed by atoms with Crippen molar-refractivity contribution in [2.45, 2.75) is 45.0 Å². The van der Waals surface area contributed by atoms with E-state index in [0.717, 1.165) is 12.1 Å². The highest BCUT2D eigenvalue weighted by molar-refractivity contribution is 5.96. The minimum atomic E-state index is -4.61. The number of nitrogens with zero attached hydrogens (tertiary/aromatic N) is 3. The molecule has 1 aliphatic heterocycles. The monoisotopic (exact) mass is 445 g/mol. The summed E-state index contributed by atoms with van der Waals surface area (Å²) in [5, 5.41) is 6.78. The first-order valence-corrected chi connectivity index (χ1v) is 9.82. The number of amides is 1. The van der Waals surface area contributed by atoms with E-state index in [2.05, 4.69) is 10.2 Å². The van der Waals surface area contributed by atoms with Crippen LogP contribution in [0.3, 0.4) is 0 Å². The zero-order valence-corrected chi connectivity index (χ0v) is 16.7. The van der Waals surface area contributed by atoms with Crippen molar-refractivity contribution in [3.05, 3.63) is 58.4 Å². The second kappa shape index (κ2) is 8.84. The number of likely N-dealkylation sites (tertiary alicyclic amines) is 1. The third-order valence-electron chi connectivity index (χ3n) is 5.34. The molecule has 31 heavy (non-hydrogen) atoms. The number of alkyl halides is 6. The van der Waals surface area contributed by atoms with Crippen molar-refractivity contribution in [3.8, 4) is 0 Å². The fraction of sp³-hybridized carbons (Fsp3) is 0.476. The molecule has 1 amide bonds. The number of carbonyl (C=O) groups is 1. The number of hydrogen-bond donors (Lipinski definition) is 0. The van der Waals surface area contributed by atoms with E-state index in [1.165, 1.54) is 23.1 Å². The van der Waals surface area contributed by atoms with Gasteiger partial charge in [0.2, 0.25) is 0 Å². The van der Waals surface area contributed by atoms with Crippen molar-refractivity contribution in [1.82, 2.24) is 15.1 Å². The smallest absolute Gasteiger partial charge is 0.338 e. The fourth-order valence-corrected chi connectivity index (χ4v) is 3.72. The van der Waals surface area contributed by atoms with Gasteiger partial charge in [0, 0.05) is 13.1 Å². The van der Waals surface area contributed by atoms with Crippen molar-refractivity contribution in [1.29, 1.82) is 0 Å². The lowest BCUT2D eigenvalue weighted by Gasteiger charge is -2.20. The molecular formula is C21H21F6N3O. The van der Waals surface area contributed by atoms with E-state index in [9.17, 15) is 31.1 Å². The molecule has 1 aromatic carbocycles. The number of rotatable bonds is 5. The predicted octanol–water partition coefficient (Wildman–Crippen LogP) is 5.31. The van der Waals surface area contributed by atoms with Crippen LogP contribution in [0.5, 0.6) is 0 Å². The maximum Gasteiger partial charge on any atom is 0.435 e. The molecule has 2 heterocycles. The Balaban J connectivity index is 1.55. The molecule has 2 aromatic rings. The summed E-state index contributed by atoms with van der Waals surface area (Å²) in [6.45, 7) is 2.35. The molecule has 168 valence electrons. The summed E-state index contributed by atoms with van der Waals surface area (Å²) in [4.78, 5) is 14.2. The van der Waals surface area contributed by atoms with Gasteiger partial charge in [0.15, 0.2) is 5.69 Å². The van der Waals surface area contributed by atoms with E-state index in [4.69, 9.17) is 0 Å². The first-order chi connectivity index (χ1) is 14.4. The standard InChI is InChI=1S/C21H21F6N3O/c1-13-5-7-17(20(22,23)24)16(11-13)19(31)30-10-9-14(12-30)3-2-4-15-6-8-18(29-28-15)21(25,26)27/h5-8,11,14H,2-4,9-10,12H2,1H3/t14-/m1/s1. The molecule has 1 fully saturated rings. The Hall–Kier alpha value is -2.65. The van der Waals surface area contributed by atoms with Gasteiger partial charge in [-0.05, 0) is 62.8 Å². The zero-order valence-electron chi connectivity index (χ0n) is 16.7. The van der Waals surface area contributed by atoms with Crippen LogP contribution in [0.2, 0.25) is 0 Å². The van der Waals surface area contributed by atoms with E-state index in [0.29, 0.717) is 50.0 Å². The molecule has 0 radical (unpaired) electrons. The van der Waals surface area contributed by atoms with Crippen molar-refractivity contribution in [3.63, 3.8) is 0 Å². The van der Waals surface area contributed by atoms with E-state index < -0.39 is 29.5 Å². The maximum atomic E-state index is 13.3. The molecule has 0 bridgehead atoms. The highest BCUT2D eigenvalue weighted by Gasteiger charge is 2.37. The number of halogens is 6. The third kappa shape index (κ3) is 5.74. The van der Waals surface area contributed by atoms with Crippen LogP contribution in [0.15, 0.2) is 30.3 Å². The summed E-state index contributed by atoms with van der Waals surface area (Å²) in [5.41, 5.74) is -1.31. The van der Waals surface area contributed by atoms with Crippen molar-refractivity contribution in [2.24, 2.45) is 5.92 Å². The first-order valence-electron chi connectivity index (χ1n) is 9.82. The van der Waals surface area contributed by atoms with Crippen molar-refractivity contribution < 1.29 is 31.1 Å². The lowest BCUT2D eigenvalue weighted by molar-refractivity contribution is -0.141. The van der Waals surface area contributed by atoms with E-state index >= 15 is 0 Å². The fourth-order valence-electron chi connectivity index (χ4n) is 3.72. The van der Waals surface area contributed by atoms with Crippen molar-refractivity contribution in [2.75, 3.05) is 13.1 Å². The quantitative estimate of drug-likeness (QED) is 0.587. The first kappa shape index (κ1) is 23.0. The molecule has 4 nitrogen and oxygen atoms in total. The number of benzene rings is 1.